The van der Waals surface area contributed by atoms with Gasteiger partial charge in [0.05, 0.1) is 7.11 Å². The Balaban J connectivity index is 0.000000595. The van der Waals surface area contributed by atoms with E-state index < -0.39 is 10.2 Å². The number of allylic oxidation sites excluding steroid dienone is 1. The number of aromatic nitrogens is 2. The van der Waals surface area contributed by atoms with Gasteiger partial charge in [-0.05, 0) is 39.6 Å². The maximum absolute atomic E-state index is 8.49. The quantitative estimate of drug-likeness (QED) is 0.301. The average Bonchev–Trinajstić information content (AvgIpc) is 3.34. The topological polar surface area (TPSA) is 122 Å². The molecule has 0 radical (unpaired) electrons. The molecule has 8 nitrogen and oxygen atoms in total. The Morgan fingerprint density at radius 3 is 2.10 bits per heavy atom. The maximum Gasteiger partial charge on any atom is 0.391 e. The zero-order valence-electron chi connectivity index (χ0n) is 21.6. The molecule has 0 fully saturated rings. The lowest BCUT2D eigenvalue weighted by Gasteiger charge is -2.26. The van der Waals surface area contributed by atoms with Crippen LogP contribution in [0.15, 0.2) is 103 Å². The number of rotatable bonds is 4. The van der Waals surface area contributed by atoms with Gasteiger partial charge in [-0.2, -0.15) is 0 Å². The Hall–Kier alpha value is -4.09. The van der Waals surface area contributed by atoms with Crippen molar-refractivity contribution in [3.63, 3.8) is 0 Å². The van der Waals surface area contributed by atoms with Crippen LogP contribution in [0.5, 0.6) is 5.88 Å². The number of nitrogens with zero attached hydrogens (tertiary/aromatic N) is 3. The van der Waals surface area contributed by atoms with Crippen molar-refractivity contribution < 1.29 is 38.0 Å². The van der Waals surface area contributed by atoms with E-state index in [9.17, 15) is 0 Å². The van der Waals surface area contributed by atoms with Gasteiger partial charge in [-0.15, -0.1) is 14.6 Å². The zero-order chi connectivity index (χ0) is 28.3. The molecule has 0 unspecified atom stereocenters. The highest BCUT2D eigenvalue weighted by molar-refractivity contribution is 7.20. The lowest BCUT2D eigenvalue weighted by atomic mass is 10.1. The first-order valence-electron chi connectivity index (χ1n) is 12.1. The van der Waals surface area contributed by atoms with Crippen molar-refractivity contribution in [2.75, 3.05) is 19.1 Å². The third-order valence-corrected chi connectivity index (χ3v) is 7.33. The zero-order valence-corrected chi connectivity index (χ0v) is 23.1. The largest absolute Gasteiger partial charge is 0.464 e. The van der Waals surface area contributed by atoms with E-state index in [1.807, 2.05) is 24.3 Å². The van der Waals surface area contributed by atoms with E-state index in [1.165, 1.54) is 11.3 Å². The molecular formula is C30H24ClN3O5S. The summed E-state index contributed by atoms with van der Waals surface area (Å²) < 4.78 is 42.1. The third kappa shape index (κ3) is 6.05. The van der Waals surface area contributed by atoms with Gasteiger partial charge in [0.25, 0.3) is 0 Å². The first-order chi connectivity index (χ1) is 19.2. The molecule has 0 spiro atoms. The Morgan fingerprint density at radius 1 is 0.850 bits per heavy atom. The Morgan fingerprint density at radius 2 is 1.45 bits per heavy atom. The van der Waals surface area contributed by atoms with Gasteiger partial charge in [-0.1, -0.05) is 84.9 Å². The average molecular weight is 574 g/mol. The highest BCUT2D eigenvalue weighted by Gasteiger charge is 2.27. The molecule has 0 saturated carbocycles. The SMILES string of the molecule is COc1c(-c2ccccc2)sc2nc(-c3ccccc3)cc(C=C3C=Cc4ccccc4N3C)[n+]12.[O-][Cl+3]([O-])([O-])[O-]. The lowest BCUT2D eigenvalue weighted by Crippen LogP contribution is -2.68. The van der Waals surface area contributed by atoms with Gasteiger partial charge >= 0.3 is 10.8 Å². The van der Waals surface area contributed by atoms with Crippen LogP contribution in [-0.2, 0) is 0 Å². The van der Waals surface area contributed by atoms with Gasteiger partial charge in [0.15, 0.2) is 5.69 Å². The summed E-state index contributed by atoms with van der Waals surface area (Å²) in [6.45, 7) is 0. The number of hydrogen-bond acceptors (Lipinski definition) is 8. The van der Waals surface area contributed by atoms with E-state index in [-0.39, 0.29) is 0 Å². The summed E-state index contributed by atoms with van der Waals surface area (Å²) in [5, 5.41) is 0. The van der Waals surface area contributed by atoms with Crippen LogP contribution in [0.2, 0.25) is 0 Å². The van der Waals surface area contributed by atoms with Crippen LogP contribution in [0, 0.1) is 10.2 Å². The van der Waals surface area contributed by atoms with Gasteiger partial charge < -0.3 is 9.64 Å². The molecule has 202 valence electrons. The highest BCUT2D eigenvalue weighted by Crippen LogP contribution is 2.36. The fraction of sp³-hybridized carbons (Fsp3) is 0.0667. The number of hydrogen-bond donors (Lipinski definition) is 0. The molecule has 0 amide bonds. The molecule has 0 N–H and O–H groups in total. The molecule has 3 heterocycles. The molecule has 0 aliphatic carbocycles. The van der Waals surface area contributed by atoms with E-state index in [0.717, 1.165) is 43.9 Å². The molecule has 2 aromatic heterocycles. The molecule has 1 aliphatic heterocycles. The van der Waals surface area contributed by atoms with Crippen molar-refractivity contribution in [2.45, 2.75) is 0 Å². The summed E-state index contributed by atoms with van der Waals surface area (Å²) in [5.74, 6) is 0.790. The summed E-state index contributed by atoms with van der Waals surface area (Å²) in [6, 6.07) is 31.2. The first kappa shape index (κ1) is 27.5. The van der Waals surface area contributed by atoms with Gasteiger partial charge in [-0.3, -0.25) is 0 Å². The second-order valence-corrected chi connectivity index (χ2v) is 10.5. The summed E-state index contributed by atoms with van der Waals surface area (Å²) in [7, 11) is -1.11. The summed E-state index contributed by atoms with van der Waals surface area (Å²) >= 11 is 1.64. The van der Waals surface area contributed by atoms with Crippen molar-refractivity contribution in [2.24, 2.45) is 0 Å². The van der Waals surface area contributed by atoms with Crippen molar-refractivity contribution in [1.82, 2.24) is 4.98 Å². The number of halogens is 1. The normalized spacial score (nSPS) is 13.7. The standard InChI is InChI=1S/C30H24N3OS.ClHO4/c1-32-24(18-17-22-13-9-10-16-27(22)32)19-25-20-26(21-11-5-3-6-12-21)31-30-33(25)29(34-2)28(35-30)23-14-7-4-8-15-23;2-1(3,4)5/h3-20H,1-2H3;(H,2,3,4,5)/q+1;/p-1. The number of para-hydroxylation sites is 1. The number of anilines is 1. The van der Waals surface area contributed by atoms with Crippen LogP contribution >= 0.6 is 11.3 Å². The fourth-order valence-electron chi connectivity index (χ4n) is 4.48. The predicted molar refractivity (Wildman–Crippen MR) is 145 cm³/mol. The number of fused-ring (bicyclic) bond motifs is 2. The molecule has 6 rings (SSSR count). The minimum Gasteiger partial charge on any atom is -0.464 e. The minimum atomic E-state index is -4.94. The molecule has 3 aromatic carbocycles. The maximum atomic E-state index is 8.49. The fourth-order valence-corrected chi connectivity index (χ4v) is 5.61. The number of likely N-dealkylation sites (N-methyl/N-ethyl adjacent to an activating group) is 1. The predicted octanol–water partition coefficient (Wildman–Crippen LogP) is 1.97. The van der Waals surface area contributed by atoms with Gasteiger partial charge in [0.2, 0.25) is 0 Å². The third-order valence-electron chi connectivity index (χ3n) is 6.25. The number of thiazole rings is 1. The van der Waals surface area contributed by atoms with Crippen LogP contribution < -0.4 is 32.7 Å². The first-order valence-corrected chi connectivity index (χ1v) is 14.2. The van der Waals surface area contributed by atoms with E-state index in [4.69, 9.17) is 28.4 Å². The smallest absolute Gasteiger partial charge is 0.391 e. The van der Waals surface area contributed by atoms with Crippen LogP contribution in [0.25, 0.3) is 38.8 Å². The molecular weight excluding hydrogens is 550 g/mol. The Labute approximate surface area is 237 Å². The van der Waals surface area contributed by atoms with E-state index in [2.05, 4.69) is 101 Å². The highest BCUT2D eigenvalue weighted by atomic mass is 35.7. The summed E-state index contributed by atoms with van der Waals surface area (Å²) in [5.41, 5.74) is 7.63. The molecule has 0 bridgehead atoms. The second kappa shape index (κ2) is 11.6. The molecule has 10 heteroatoms. The van der Waals surface area contributed by atoms with Crippen LogP contribution in [0.4, 0.5) is 5.69 Å². The summed E-state index contributed by atoms with van der Waals surface area (Å²) in [6.07, 6.45) is 6.54. The molecule has 5 aromatic rings. The van der Waals surface area contributed by atoms with Crippen molar-refractivity contribution in [1.29, 1.82) is 0 Å². The van der Waals surface area contributed by atoms with Crippen LogP contribution in [-0.4, -0.2) is 19.1 Å². The Bertz CT molecular complexity index is 1690. The number of methoxy groups -OCH3 is 1. The second-order valence-electron chi connectivity index (χ2n) is 8.76. The van der Waals surface area contributed by atoms with Crippen molar-refractivity contribution >= 4 is 34.1 Å². The minimum absolute atomic E-state index is 0.790. The Kier molecular flexibility index (Phi) is 7.95. The number of ether oxygens (including phenoxy) is 1. The van der Waals surface area contributed by atoms with Crippen molar-refractivity contribution in [3.05, 3.63) is 114 Å². The van der Waals surface area contributed by atoms with Crippen LogP contribution in [0.3, 0.4) is 0 Å². The van der Waals surface area contributed by atoms with E-state index in [1.54, 1.807) is 18.4 Å². The molecule has 1 aliphatic rings. The van der Waals surface area contributed by atoms with Crippen molar-refractivity contribution in [3.8, 4) is 27.6 Å². The molecule has 0 atom stereocenters. The van der Waals surface area contributed by atoms with E-state index >= 15 is 0 Å². The van der Waals surface area contributed by atoms with Gasteiger partial charge in [0, 0.05) is 36.1 Å². The van der Waals surface area contributed by atoms with Gasteiger partial charge in [-0.25, -0.2) is 18.6 Å². The van der Waals surface area contributed by atoms with Crippen LogP contribution in [0.1, 0.15) is 11.3 Å². The van der Waals surface area contributed by atoms with Gasteiger partial charge in [0.1, 0.15) is 10.6 Å². The molecule has 40 heavy (non-hydrogen) atoms. The lowest BCUT2D eigenvalue weighted by molar-refractivity contribution is -2.00. The van der Waals surface area contributed by atoms with E-state index in [0.29, 0.717) is 0 Å². The summed E-state index contributed by atoms with van der Waals surface area (Å²) in [4.78, 5) is 9.22. The number of benzene rings is 3. The monoisotopic (exact) mass is 573 g/mol. The molecule has 0 saturated heterocycles.